The molecule has 108 valence electrons. The smallest absolute Gasteiger partial charge is 0.314 e. The number of nitrogens with zero attached hydrogens (tertiary/aromatic N) is 1. The Morgan fingerprint density at radius 3 is 2.20 bits per heavy atom. The molecule has 0 bridgehead atoms. The largest absolute Gasteiger partial charge is 0.481 e. The van der Waals surface area contributed by atoms with Gasteiger partial charge in [0.1, 0.15) is 5.92 Å². The second-order valence-corrected chi connectivity index (χ2v) is 4.91. The molecular formula is C14H17NO5. The van der Waals surface area contributed by atoms with Crippen molar-refractivity contribution < 1.29 is 19.6 Å². The van der Waals surface area contributed by atoms with Gasteiger partial charge in [-0.25, -0.2) is 0 Å². The SMILES string of the molecule is CC(C)C(=O)C(C(=O)O)C(C[N+](=O)[O-])c1ccccc1. The first-order valence-corrected chi connectivity index (χ1v) is 6.27. The number of carboxylic acid groups (broad SMARTS) is 1. The van der Waals surface area contributed by atoms with Crippen molar-refractivity contribution in [1.29, 1.82) is 0 Å². The van der Waals surface area contributed by atoms with Gasteiger partial charge in [-0.05, 0) is 5.56 Å². The molecule has 0 aliphatic heterocycles. The van der Waals surface area contributed by atoms with Gasteiger partial charge >= 0.3 is 5.97 Å². The topological polar surface area (TPSA) is 97.5 Å². The number of carbonyl (C=O) groups is 2. The summed E-state index contributed by atoms with van der Waals surface area (Å²) < 4.78 is 0. The molecule has 2 unspecified atom stereocenters. The van der Waals surface area contributed by atoms with Crippen molar-refractivity contribution in [1.82, 2.24) is 0 Å². The summed E-state index contributed by atoms with van der Waals surface area (Å²) in [6.07, 6.45) is 0. The normalized spacial score (nSPS) is 13.8. The number of nitro groups is 1. The number of hydrogen-bond donors (Lipinski definition) is 1. The monoisotopic (exact) mass is 279 g/mol. The Labute approximate surface area is 116 Å². The maximum absolute atomic E-state index is 12.1. The highest BCUT2D eigenvalue weighted by atomic mass is 16.6. The molecule has 0 spiro atoms. The number of aliphatic carboxylic acids is 1. The molecule has 0 aliphatic rings. The van der Waals surface area contributed by atoms with Gasteiger partial charge in [-0.2, -0.15) is 0 Å². The number of carbonyl (C=O) groups excluding carboxylic acids is 1. The zero-order valence-electron chi connectivity index (χ0n) is 11.4. The van der Waals surface area contributed by atoms with Gasteiger partial charge in [0.15, 0.2) is 5.78 Å². The van der Waals surface area contributed by atoms with Crippen molar-refractivity contribution >= 4 is 11.8 Å². The molecule has 1 rings (SSSR count). The highest BCUT2D eigenvalue weighted by molar-refractivity contribution is 6.00. The molecule has 0 fully saturated rings. The van der Waals surface area contributed by atoms with Crippen LogP contribution in [-0.4, -0.2) is 28.3 Å². The van der Waals surface area contributed by atoms with Crippen LogP contribution < -0.4 is 0 Å². The standard InChI is InChI=1S/C14H17NO5/c1-9(2)13(16)12(14(17)18)11(8-15(19)20)10-6-4-3-5-7-10/h3-7,9,11-12H,8H2,1-2H3,(H,17,18). The lowest BCUT2D eigenvalue weighted by Crippen LogP contribution is -2.36. The van der Waals surface area contributed by atoms with Crippen molar-refractivity contribution in [2.45, 2.75) is 19.8 Å². The van der Waals surface area contributed by atoms with Crippen LogP contribution in [0.15, 0.2) is 30.3 Å². The molecule has 0 saturated carbocycles. The van der Waals surface area contributed by atoms with Crippen LogP contribution >= 0.6 is 0 Å². The van der Waals surface area contributed by atoms with E-state index in [1.807, 2.05) is 0 Å². The number of benzene rings is 1. The Balaban J connectivity index is 3.22. The van der Waals surface area contributed by atoms with Gasteiger partial charge in [-0.15, -0.1) is 0 Å². The van der Waals surface area contributed by atoms with E-state index in [0.717, 1.165) is 0 Å². The molecular weight excluding hydrogens is 262 g/mol. The van der Waals surface area contributed by atoms with Crippen molar-refractivity contribution in [2.75, 3.05) is 6.54 Å². The van der Waals surface area contributed by atoms with Crippen LogP contribution in [0.4, 0.5) is 0 Å². The maximum atomic E-state index is 12.1. The van der Waals surface area contributed by atoms with Gasteiger partial charge in [-0.3, -0.25) is 19.7 Å². The fraction of sp³-hybridized carbons (Fsp3) is 0.429. The number of hydrogen-bond acceptors (Lipinski definition) is 4. The molecule has 1 aromatic rings. The third-order valence-corrected chi connectivity index (χ3v) is 3.12. The summed E-state index contributed by atoms with van der Waals surface area (Å²) in [7, 11) is 0. The Hall–Kier alpha value is -2.24. The Morgan fingerprint density at radius 2 is 1.80 bits per heavy atom. The molecule has 6 nitrogen and oxygen atoms in total. The summed E-state index contributed by atoms with van der Waals surface area (Å²) in [5, 5.41) is 20.1. The lowest BCUT2D eigenvalue weighted by molar-refractivity contribution is -0.484. The summed E-state index contributed by atoms with van der Waals surface area (Å²) in [5.74, 6) is -4.66. The van der Waals surface area contributed by atoms with Gasteiger partial charge in [0.05, 0.1) is 5.92 Å². The van der Waals surface area contributed by atoms with E-state index in [2.05, 4.69) is 0 Å². The summed E-state index contributed by atoms with van der Waals surface area (Å²) in [5.41, 5.74) is 0.491. The number of carboxylic acids is 1. The van der Waals surface area contributed by atoms with E-state index in [1.54, 1.807) is 44.2 Å². The second kappa shape index (κ2) is 6.79. The average molecular weight is 279 g/mol. The highest BCUT2D eigenvalue weighted by Gasteiger charge is 2.39. The fourth-order valence-corrected chi connectivity index (χ4v) is 2.12. The predicted molar refractivity (Wildman–Crippen MR) is 72.0 cm³/mol. The van der Waals surface area contributed by atoms with Crippen molar-refractivity contribution in [3.05, 3.63) is 46.0 Å². The summed E-state index contributed by atoms with van der Waals surface area (Å²) in [4.78, 5) is 33.7. The van der Waals surface area contributed by atoms with E-state index in [9.17, 15) is 24.8 Å². The Morgan fingerprint density at radius 1 is 1.25 bits per heavy atom. The van der Waals surface area contributed by atoms with E-state index in [4.69, 9.17) is 0 Å². The van der Waals surface area contributed by atoms with Crippen LogP contribution in [0.2, 0.25) is 0 Å². The molecule has 1 aromatic carbocycles. The molecule has 2 atom stereocenters. The second-order valence-electron chi connectivity index (χ2n) is 4.91. The third-order valence-electron chi connectivity index (χ3n) is 3.12. The van der Waals surface area contributed by atoms with Crippen molar-refractivity contribution in [2.24, 2.45) is 11.8 Å². The number of rotatable bonds is 7. The maximum Gasteiger partial charge on any atom is 0.314 e. The van der Waals surface area contributed by atoms with Crippen LogP contribution in [0.3, 0.4) is 0 Å². The van der Waals surface area contributed by atoms with E-state index in [-0.39, 0.29) is 0 Å². The third kappa shape index (κ3) is 3.88. The quantitative estimate of drug-likeness (QED) is 0.467. The van der Waals surface area contributed by atoms with Crippen LogP contribution in [-0.2, 0) is 9.59 Å². The van der Waals surface area contributed by atoms with Gasteiger partial charge in [0.2, 0.25) is 6.54 Å². The summed E-state index contributed by atoms with van der Waals surface area (Å²) in [6.45, 7) is 2.60. The summed E-state index contributed by atoms with van der Waals surface area (Å²) >= 11 is 0. The minimum atomic E-state index is -1.40. The number of Topliss-reactive ketones (excluding diaryl/α,β-unsaturated/α-hetero) is 1. The first kappa shape index (κ1) is 15.8. The van der Waals surface area contributed by atoms with E-state index in [0.29, 0.717) is 5.56 Å². The average Bonchev–Trinajstić information content (AvgIpc) is 2.37. The lowest BCUT2D eigenvalue weighted by Gasteiger charge is -2.21. The molecule has 6 heteroatoms. The van der Waals surface area contributed by atoms with Crippen LogP contribution in [0.25, 0.3) is 0 Å². The summed E-state index contributed by atoms with van der Waals surface area (Å²) in [6, 6.07) is 8.28. The van der Waals surface area contributed by atoms with Gasteiger partial charge in [0.25, 0.3) is 0 Å². The predicted octanol–water partition coefficient (Wildman–Crippen LogP) is 1.97. The van der Waals surface area contributed by atoms with Crippen molar-refractivity contribution in [3.63, 3.8) is 0 Å². The minimum absolute atomic E-state index is 0.491. The zero-order chi connectivity index (χ0) is 15.3. The first-order valence-electron chi connectivity index (χ1n) is 6.27. The number of ketones is 1. The van der Waals surface area contributed by atoms with Gasteiger partial charge < -0.3 is 5.11 Å². The van der Waals surface area contributed by atoms with E-state index in [1.165, 1.54) is 0 Å². The van der Waals surface area contributed by atoms with Gasteiger partial charge in [0, 0.05) is 10.8 Å². The van der Waals surface area contributed by atoms with E-state index >= 15 is 0 Å². The van der Waals surface area contributed by atoms with E-state index < -0.39 is 41.0 Å². The Kier molecular flexibility index (Phi) is 5.37. The molecule has 0 aromatic heterocycles. The molecule has 20 heavy (non-hydrogen) atoms. The molecule has 0 aliphatic carbocycles. The minimum Gasteiger partial charge on any atom is -0.481 e. The first-order chi connectivity index (χ1) is 9.34. The molecule has 0 amide bonds. The molecule has 0 radical (unpaired) electrons. The van der Waals surface area contributed by atoms with Crippen molar-refractivity contribution in [3.8, 4) is 0 Å². The molecule has 0 heterocycles. The molecule has 1 N–H and O–H groups in total. The zero-order valence-corrected chi connectivity index (χ0v) is 11.4. The van der Waals surface area contributed by atoms with Crippen LogP contribution in [0.1, 0.15) is 25.3 Å². The molecule has 0 saturated heterocycles. The van der Waals surface area contributed by atoms with Crippen LogP contribution in [0.5, 0.6) is 0 Å². The van der Waals surface area contributed by atoms with Gasteiger partial charge in [-0.1, -0.05) is 44.2 Å². The lowest BCUT2D eigenvalue weighted by atomic mass is 9.80. The highest BCUT2D eigenvalue weighted by Crippen LogP contribution is 2.28. The Bertz CT molecular complexity index is 498. The fourth-order valence-electron chi connectivity index (χ4n) is 2.12. The van der Waals surface area contributed by atoms with Crippen LogP contribution in [0, 0.1) is 22.0 Å².